The molecule has 20 heavy (non-hydrogen) atoms. The lowest BCUT2D eigenvalue weighted by Gasteiger charge is -1.99. The van der Waals surface area contributed by atoms with Crippen molar-refractivity contribution < 1.29 is 14.0 Å². The molecule has 0 saturated carbocycles. The van der Waals surface area contributed by atoms with Crippen LogP contribution in [-0.4, -0.2) is 16.6 Å². The van der Waals surface area contributed by atoms with Crippen LogP contribution in [0.3, 0.4) is 0 Å². The lowest BCUT2D eigenvalue weighted by molar-refractivity contribution is 0.0818. The van der Waals surface area contributed by atoms with E-state index in [1.165, 1.54) is 24.4 Å². The Labute approximate surface area is 114 Å². The number of carbonyl (C=O) groups excluding carboxylic acids is 2. The van der Waals surface area contributed by atoms with Crippen molar-refractivity contribution in [2.45, 2.75) is 0 Å². The number of rotatable bonds is 3. The number of nitrogens with one attached hydrogen (secondary N) is 1. The molecule has 3 rings (SSSR count). The van der Waals surface area contributed by atoms with Crippen molar-refractivity contribution in [1.82, 2.24) is 4.98 Å². The van der Waals surface area contributed by atoms with E-state index in [2.05, 4.69) is 4.98 Å². The van der Waals surface area contributed by atoms with Gasteiger partial charge < -0.3 is 4.98 Å². The zero-order valence-corrected chi connectivity index (χ0v) is 10.4. The summed E-state index contributed by atoms with van der Waals surface area (Å²) in [5.74, 6) is -1.69. The summed E-state index contributed by atoms with van der Waals surface area (Å²) in [6, 6.07) is 12.4. The van der Waals surface area contributed by atoms with Crippen molar-refractivity contribution in [3.8, 4) is 0 Å². The number of aromatic nitrogens is 1. The van der Waals surface area contributed by atoms with Gasteiger partial charge in [0.05, 0.1) is 5.56 Å². The maximum atomic E-state index is 13.3. The van der Waals surface area contributed by atoms with Gasteiger partial charge in [-0.15, -0.1) is 0 Å². The molecular formula is C16H10FNO2. The van der Waals surface area contributed by atoms with Crippen molar-refractivity contribution in [3.05, 3.63) is 71.7 Å². The number of benzene rings is 2. The third kappa shape index (κ3) is 2.01. The van der Waals surface area contributed by atoms with Crippen molar-refractivity contribution >= 4 is 22.5 Å². The number of H-pyrrole nitrogens is 1. The van der Waals surface area contributed by atoms with Gasteiger partial charge in [-0.05, 0) is 18.2 Å². The average molecular weight is 267 g/mol. The normalized spacial score (nSPS) is 10.7. The Balaban J connectivity index is 2.05. The summed E-state index contributed by atoms with van der Waals surface area (Å²) in [6.07, 6.45) is 1.44. The van der Waals surface area contributed by atoms with Gasteiger partial charge in [-0.3, -0.25) is 9.59 Å². The van der Waals surface area contributed by atoms with E-state index in [-0.39, 0.29) is 5.56 Å². The second-order valence-electron chi connectivity index (χ2n) is 4.42. The summed E-state index contributed by atoms with van der Waals surface area (Å²) in [4.78, 5) is 27.2. The molecule has 98 valence electrons. The number of fused-ring (bicyclic) bond motifs is 1. The minimum Gasteiger partial charge on any atom is -0.360 e. The molecule has 1 heterocycles. The van der Waals surface area contributed by atoms with E-state index in [0.29, 0.717) is 16.5 Å². The summed E-state index contributed by atoms with van der Waals surface area (Å²) in [5.41, 5.74) is 1.13. The second-order valence-corrected chi connectivity index (χ2v) is 4.42. The largest absolute Gasteiger partial charge is 0.360 e. The minimum atomic E-state index is -0.645. The average Bonchev–Trinajstić information content (AvgIpc) is 2.89. The molecule has 3 nitrogen and oxygen atoms in total. The molecule has 0 bridgehead atoms. The number of halogens is 1. The number of Topliss-reactive ketones (excluding diaryl/α,β-unsaturated/α-hetero) is 2. The van der Waals surface area contributed by atoms with Crippen molar-refractivity contribution in [1.29, 1.82) is 0 Å². The molecule has 0 saturated heterocycles. The zero-order chi connectivity index (χ0) is 14.1. The van der Waals surface area contributed by atoms with E-state index < -0.39 is 17.4 Å². The molecular weight excluding hydrogens is 257 g/mol. The van der Waals surface area contributed by atoms with Crippen LogP contribution in [0.2, 0.25) is 0 Å². The Morgan fingerprint density at radius 2 is 1.70 bits per heavy atom. The molecule has 0 radical (unpaired) electrons. The summed E-state index contributed by atoms with van der Waals surface area (Å²) >= 11 is 0. The smallest absolute Gasteiger partial charge is 0.235 e. The van der Waals surface area contributed by atoms with Crippen LogP contribution in [0.5, 0.6) is 0 Å². The lowest BCUT2D eigenvalue weighted by Crippen LogP contribution is -2.13. The third-order valence-corrected chi connectivity index (χ3v) is 3.13. The highest BCUT2D eigenvalue weighted by Crippen LogP contribution is 2.21. The van der Waals surface area contributed by atoms with Crippen molar-refractivity contribution in [3.63, 3.8) is 0 Å². The third-order valence-electron chi connectivity index (χ3n) is 3.13. The lowest BCUT2D eigenvalue weighted by atomic mass is 10.0. The number of hydrogen-bond acceptors (Lipinski definition) is 2. The SMILES string of the molecule is O=C(C(=O)c1c[nH]c2ccc(F)cc12)c1ccccc1. The van der Waals surface area contributed by atoms with Gasteiger partial charge in [-0.1, -0.05) is 30.3 Å². The summed E-state index contributed by atoms with van der Waals surface area (Å²) in [6.45, 7) is 0. The van der Waals surface area contributed by atoms with Gasteiger partial charge in [0.1, 0.15) is 5.82 Å². The highest BCUT2D eigenvalue weighted by molar-refractivity contribution is 6.50. The van der Waals surface area contributed by atoms with E-state index in [9.17, 15) is 14.0 Å². The molecule has 0 atom stereocenters. The fraction of sp³-hybridized carbons (Fsp3) is 0. The van der Waals surface area contributed by atoms with Gasteiger partial charge in [0.15, 0.2) is 0 Å². The van der Waals surface area contributed by atoms with Gasteiger partial charge in [-0.25, -0.2) is 4.39 Å². The summed E-state index contributed by atoms with van der Waals surface area (Å²) in [7, 11) is 0. The fourth-order valence-corrected chi connectivity index (χ4v) is 2.12. The number of aromatic amines is 1. The van der Waals surface area contributed by atoms with Crippen LogP contribution < -0.4 is 0 Å². The predicted octanol–water partition coefficient (Wildman–Crippen LogP) is 3.37. The molecule has 0 aliphatic carbocycles. The van der Waals surface area contributed by atoms with Crippen LogP contribution in [0.4, 0.5) is 4.39 Å². The van der Waals surface area contributed by atoms with Crippen molar-refractivity contribution in [2.24, 2.45) is 0 Å². The predicted molar refractivity (Wildman–Crippen MR) is 73.4 cm³/mol. The zero-order valence-electron chi connectivity index (χ0n) is 10.4. The quantitative estimate of drug-likeness (QED) is 0.584. The monoisotopic (exact) mass is 267 g/mol. The first-order valence-electron chi connectivity index (χ1n) is 6.07. The molecule has 1 aromatic heterocycles. The van der Waals surface area contributed by atoms with E-state index in [1.807, 2.05) is 0 Å². The van der Waals surface area contributed by atoms with Crippen LogP contribution in [0.25, 0.3) is 10.9 Å². The van der Waals surface area contributed by atoms with Gasteiger partial charge in [0.2, 0.25) is 11.6 Å². The van der Waals surface area contributed by atoms with E-state index in [0.717, 1.165) is 0 Å². The Bertz CT molecular complexity index is 806. The molecule has 0 spiro atoms. The molecule has 0 unspecified atom stereocenters. The Hall–Kier alpha value is -2.75. The van der Waals surface area contributed by atoms with E-state index in [4.69, 9.17) is 0 Å². The van der Waals surface area contributed by atoms with Crippen LogP contribution >= 0.6 is 0 Å². The molecule has 1 N–H and O–H groups in total. The molecule has 0 aliphatic rings. The van der Waals surface area contributed by atoms with Crippen LogP contribution in [-0.2, 0) is 0 Å². The second kappa shape index (κ2) is 4.74. The van der Waals surface area contributed by atoms with Gasteiger partial charge in [-0.2, -0.15) is 0 Å². The summed E-state index contributed by atoms with van der Waals surface area (Å²) < 4.78 is 13.3. The molecule has 0 aliphatic heterocycles. The van der Waals surface area contributed by atoms with Gasteiger partial charge in [0.25, 0.3) is 0 Å². The topological polar surface area (TPSA) is 49.9 Å². The van der Waals surface area contributed by atoms with Crippen LogP contribution in [0, 0.1) is 5.82 Å². The van der Waals surface area contributed by atoms with Gasteiger partial charge >= 0.3 is 0 Å². The standard InChI is InChI=1S/C16H10FNO2/c17-11-6-7-14-12(8-11)13(9-18-14)16(20)15(19)10-4-2-1-3-5-10/h1-9,18H. The Morgan fingerprint density at radius 1 is 0.950 bits per heavy atom. The fourth-order valence-electron chi connectivity index (χ4n) is 2.12. The number of ketones is 2. The maximum absolute atomic E-state index is 13.3. The number of carbonyl (C=O) groups is 2. The highest BCUT2D eigenvalue weighted by Gasteiger charge is 2.21. The van der Waals surface area contributed by atoms with Gasteiger partial charge in [0, 0.05) is 22.7 Å². The first-order chi connectivity index (χ1) is 9.66. The molecule has 0 fully saturated rings. The Morgan fingerprint density at radius 3 is 2.45 bits per heavy atom. The molecule has 2 aromatic carbocycles. The van der Waals surface area contributed by atoms with E-state index in [1.54, 1.807) is 30.3 Å². The van der Waals surface area contributed by atoms with Crippen LogP contribution in [0.15, 0.2) is 54.7 Å². The van der Waals surface area contributed by atoms with E-state index >= 15 is 0 Å². The maximum Gasteiger partial charge on any atom is 0.235 e. The first-order valence-corrected chi connectivity index (χ1v) is 6.07. The minimum absolute atomic E-state index is 0.188. The molecule has 4 heteroatoms. The molecule has 3 aromatic rings. The Kier molecular flexibility index (Phi) is 2.91. The first kappa shape index (κ1) is 12.3. The summed E-state index contributed by atoms with van der Waals surface area (Å²) in [5, 5.41) is 0.416. The molecule has 0 amide bonds. The van der Waals surface area contributed by atoms with Crippen molar-refractivity contribution in [2.75, 3.05) is 0 Å². The number of hydrogen-bond donors (Lipinski definition) is 1. The van der Waals surface area contributed by atoms with Crippen LogP contribution in [0.1, 0.15) is 20.7 Å². The highest BCUT2D eigenvalue weighted by atomic mass is 19.1.